The second kappa shape index (κ2) is 4.88. The van der Waals surface area contributed by atoms with Crippen molar-refractivity contribution in [3.05, 3.63) is 29.8 Å². The summed E-state index contributed by atoms with van der Waals surface area (Å²) in [6, 6.07) is 9.43. The van der Waals surface area contributed by atoms with Gasteiger partial charge in [-0.15, -0.1) is 0 Å². The quantitative estimate of drug-likeness (QED) is 0.821. The summed E-state index contributed by atoms with van der Waals surface area (Å²) in [6.45, 7) is 4.52. The number of rotatable bonds is 5. The molecule has 0 saturated heterocycles. The maximum absolute atomic E-state index is 5.42. The van der Waals surface area contributed by atoms with Crippen molar-refractivity contribution in [2.24, 2.45) is 5.92 Å². The molecule has 0 bridgehead atoms. The van der Waals surface area contributed by atoms with Crippen LogP contribution in [0.15, 0.2) is 24.3 Å². The Morgan fingerprint density at radius 2 is 2.12 bits per heavy atom. The van der Waals surface area contributed by atoms with Crippen molar-refractivity contribution in [3.63, 3.8) is 0 Å². The highest BCUT2D eigenvalue weighted by atomic mass is 16.5. The fourth-order valence-corrected chi connectivity index (χ4v) is 2.19. The van der Waals surface area contributed by atoms with Gasteiger partial charge in [0.1, 0.15) is 5.75 Å². The minimum absolute atomic E-state index is 0.422. The molecule has 2 nitrogen and oxygen atoms in total. The second-order valence-corrected chi connectivity index (χ2v) is 4.69. The molecule has 1 fully saturated rings. The average molecular weight is 219 g/mol. The van der Waals surface area contributed by atoms with Crippen LogP contribution in [0, 0.1) is 5.92 Å². The summed E-state index contributed by atoms with van der Waals surface area (Å²) in [5.41, 5.74) is 1.28. The molecule has 0 aliphatic heterocycles. The monoisotopic (exact) mass is 219 g/mol. The van der Waals surface area contributed by atoms with Crippen LogP contribution in [0.3, 0.4) is 0 Å². The summed E-state index contributed by atoms with van der Waals surface area (Å²) in [7, 11) is 1.74. The van der Waals surface area contributed by atoms with Gasteiger partial charge in [0.15, 0.2) is 0 Å². The maximum atomic E-state index is 5.42. The van der Waals surface area contributed by atoms with Gasteiger partial charge in [0.2, 0.25) is 0 Å². The van der Waals surface area contributed by atoms with E-state index < -0.39 is 0 Å². The van der Waals surface area contributed by atoms with Crippen LogP contribution >= 0.6 is 0 Å². The molecule has 1 saturated carbocycles. The van der Waals surface area contributed by atoms with E-state index in [1.165, 1.54) is 12.0 Å². The third-order valence-electron chi connectivity index (χ3n) is 3.45. The molecule has 2 rings (SSSR count). The van der Waals surface area contributed by atoms with Crippen LogP contribution in [0.1, 0.15) is 38.3 Å². The third-order valence-corrected chi connectivity index (χ3v) is 3.45. The van der Waals surface area contributed by atoms with Gasteiger partial charge < -0.3 is 10.1 Å². The van der Waals surface area contributed by atoms with Gasteiger partial charge in [-0.3, -0.25) is 0 Å². The first-order valence-electron chi connectivity index (χ1n) is 6.15. The first kappa shape index (κ1) is 11.5. The Balaban J connectivity index is 2.12. The average Bonchev–Trinajstić information content (AvgIpc) is 3.02. The van der Waals surface area contributed by atoms with Crippen LogP contribution in [0.4, 0.5) is 0 Å². The molecule has 1 aromatic carbocycles. The number of hydrogen-bond acceptors (Lipinski definition) is 2. The zero-order valence-electron chi connectivity index (χ0n) is 10.4. The lowest BCUT2D eigenvalue weighted by molar-refractivity contribution is 0.395. The van der Waals surface area contributed by atoms with Gasteiger partial charge in [0.25, 0.3) is 0 Å². The zero-order chi connectivity index (χ0) is 11.5. The van der Waals surface area contributed by atoms with Crippen LogP contribution in [0.25, 0.3) is 0 Å². The van der Waals surface area contributed by atoms with Gasteiger partial charge in [-0.25, -0.2) is 0 Å². The van der Waals surface area contributed by atoms with Gasteiger partial charge in [-0.2, -0.15) is 0 Å². The summed E-state index contributed by atoms with van der Waals surface area (Å²) in [6.07, 6.45) is 2.41. The highest BCUT2D eigenvalue weighted by Crippen LogP contribution is 2.34. The van der Waals surface area contributed by atoms with E-state index in [1.54, 1.807) is 7.11 Å². The summed E-state index contributed by atoms with van der Waals surface area (Å²) < 4.78 is 5.42. The highest BCUT2D eigenvalue weighted by Gasteiger charge is 2.34. The summed E-state index contributed by atoms with van der Waals surface area (Å²) >= 11 is 0. The Morgan fingerprint density at radius 1 is 1.44 bits per heavy atom. The molecule has 2 heteroatoms. The fourth-order valence-electron chi connectivity index (χ4n) is 2.19. The fraction of sp³-hybridized carbons (Fsp3) is 0.571. The van der Waals surface area contributed by atoms with Crippen molar-refractivity contribution >= 4 is 0 Å². The number of nitrogens with one attached hydrogen (secondary N) is 1. The molecule has 3 atom stereocenters. The first-order chi connectivity index (χ1) is 7.76. The molecule has 88 valence electrons. The van der Waals surface area contributed by atoms with Crippen molar-refractivity contribution in [3.8, 4) is 5.75 Å². The normalized spacial score (nSPS) is 25.2. The number of hydrogen-bond donors (Lipinski definition) is 1. The molecule has 0 radical (unpaired) electrons. The lowest BCUT2D eigenvalue weighted by Gasteiger charge is -2.19. The van der Waals surface area contributed by atoms with E-state index >= 15 is 0 Å². The largest absolute Gasteiger partial charge is 0.496 e. The molecule has 0 heterocycles. The van der Waals surface area contributed by atoms with E-state index in [-0.39, 0.29) is 0 Å². The Kier molecular flexibility index (Phi) is 3.49. The van der Waals surface area contributed by atoms with Gasteiger partial charge in [0.05, 0.1) is 7.11 Å². The lowest BCUT2D eigenvalue weighted by atomic mass is 10.0. The van der Waals surface area contributed by atoms with Crippen LogP contribution in [0.2, 0.25) is 0 Å². The molecular weight excluding hydrogens is 198 g/mol. The molecule has 0 spiro atoms. The minimum Gasteiger partial charge on any atom is -0.496 e. The van der Waals surface area contributed by atoms with E-state index in [0.29, 0.717) is 12.1 Å². The van der Waals surface area contributed by atoms with E-state index in [1.807, 2.05) is 12.1 Å². The van der Waals surface area contributed by atoms with Crippen LogP contribution in [-0.2, 0) is 0 Å². The van der Waals surface area contributed by atoms with Crippen molar-refractivity contribution in [1.29, 1.82) is 0 Å². The van der Waals surface area contributed by atoms with Gasteiger partial charge in [-0.05, 0) is 24.8 Å². The van der Waals surface area contributed by atoms with E-state index in [0.717, 1.165) is 18.1 Å². The van der Waals surface area contributed by atoms with Crippen LogP contribution in [0.5, 0.6) is 5.75 Å². The molecule has 1 N–H and O–H groups in total. The Morgan fingerprint density at radius 3 is 2.69 bits per heavy atom. The van der Waals surface area contributed by atoms with E-state index in [2.05, 4.69) is 31.3 Å². The van der Waals surface area contributed by atoms with Crippen molar-refractivity contribution < 1.29 is 4.74 Å². The van der Waals surface area contributed by atoms with Crippen molar-refractivity contribution in [1.82, 2.24) is 5.32 Å². The molecule has 1 aliphatic carbocycles. The standard InChI is InChI=1S/C14H21NO/c1-4-12(15-13-9-10(13)2)11-7-5-6-8-14(11)16-3/h5-8,10,12-13,15H,4,9H2,1-3H3. The van der Waals surface area contributed by atoms with Crippen LogP contribution < -0.4 is 10.1 Å². The van der Waals surface area contributed by atoms with Crippen molar-refractivity contribution in [2.45, 2.75) is 38.8 Å². The number of benzene rings is 1. The molecule has 3 unspecified atom stereocenters. The van der Waals surface area contributed by atoms with E-state index in [9.17, 15) is 0 Å². The molecule has 0 aromatic heterocycles. The van der Waals surface area contributed by atoms with Gasteiger partial charge >= 0.3 is 0 Å². The molecule has 1 aromatic rings. The zero-order valence-corrected chi connectivity index (χ0v) is 10.4. The number of ether oxygens (including phenoxy) is 1. The van der Waals surface area contributed by atoms with Crippen molar-refractivity contribution in [2.75, 3.05) is 7.11 Å². The second-order valence-electron chi connectivity index (χ2n) is 4.69. The highest BCUT2D eigenvalue weighted by molar-refractivity contribution is 5.36. The molecule has 16 heavy (non-hydrogen) atoms. The SMILES string of the molecule is CCC(NC1CC1C)c1ccccc1OC. The lowest BCUT2D eigenvalue weighted by Crippen LogP contribution is -2.24. The number of para-hydroxylation sites is 1. The van der Waals surface area contributed by atoms with Gasteiger partial charge in [0, 0.05) is 17.6 Å². The summed E-state index contributed by atoms with van der Waals surface area (Å²) in [4.78, 5) is 0. The smallest absolute Gasteiger partial charge is 0.123 e. The predicted molar refractivity (Wildman–Crippen MR) is 66.7 cm³/mol. The Hall–Kier alpha value is -1.02. The summed E-state index contributed by atoms with van der Waals surface area (Å²) in [5, 5.41) is 3.70. The maximum Gasteiger partial charge on any atom is 0.123 e. The topological polar surface area (TPSA) is 21.3 Å². The minimum atomic E-state index is 0.422. The predicted octanol–water partition coefficient (Wildman–Crippen LogP) is 3.14. The molecule has 1 aliphatic rings. The summed E-state index contributed by atoms with van der Waals surface area (Å²) in [5.74, 6) is 1.83. The number of methoxy groups -OCH3 is 1. The third kappa shape index (κ3) is 2.38. The van der Waals surface area contributed by atoms with Crippen LogP contribution in [-0.4, -0.2) is 13.2 Å². The Bertz CT molecular complexity index is 350. The van der Waals surface area contributed by atoms with Gasteiger partial charge in [-0.1, -0.05) is 32.0 Å². The molecule has 0 amide bonds. The van der Waals surface area contributed by atoms with E-state index in [4.69, 9.17) is 4.74 Å². The first-order valence-corrected chi connectivity index (χ1v) is 6.15. The Labute approximate surface area is 98.0 Å². The molecular formula is C14H21NO.